The summed E-state index contributed by atoms with van der Waals surface area (Å²) in [6.45, 7) is 3.72. The maximum atomic E-state index is 11.7. The predicted molar refractivity (Wildman–Crippen MR) is 153 cm³/mol. The molecule has 1 aliphatic heterocycles. The van der Waals surface area contributed by atoms with Crippen molar-refractivity contribution >= 4 is 50.1 Å². The Labute approximate surface area is 229 Å². The number of benzene rings is 2. The van der Waals surface area contributed by atoms with Crippen LogP contribution in [-0.4, -0.2) is 51.1 Å². The van der Waals surface area contributed by atoms with E-state index in [0.717, 1.165) is 44.0 Å². The van der Waals surface area contributed by atoms with Crippen molar-refractivity contribution in [1.82, 2.24) is 30.4 Å². The topological polar surface area (TPSA) is 106 Å². The van der Waals surface area contributed by atoms with Crippen molar-refractivity contribution in [3.63, 3.8) is 0 Å². The third-order valence-corrected chi connectivity index (χ3v) is 7.49. The van der Waals surface area contributed by atoms with E-state index >= 15 is 0 Å². The summed E-state index contributed by atoms with van der Waals surface area (Å²) in [7, 11) is 0. The van der Waals surface area contributed by atoms with Gasteiger partial charge in [-0.25, -0.2) is 14.8 Å². The second kappa shape index (κ2) is 11.1. The molecule has 0 radical (unpaired) electrons. The maximum absolute atomic E-state index is 11.7. The summed E-state index contributed by atoms with van der Waals surface area (Å²) in [6.07, 6.45) is 3.54. The van der Waals surface area contributed by atoms with E-state index in [9.17, 15) is 4.79 Å². The summed E-state index contributed by atoms with van der Waals surface area (Å²) in [5.74, 6) is 7.26. The summed E-state index contributed by atoms with van der Waals surface area (Å²) in [5.41, 5.74) is 4.05. The SMILES string of the molecule is CCNC(=O)O[C@H]1CN[C@H](C#Cc2cc3ncnc(Nc4ccc5c(cnn5Cc5ccccc5)c4)c3s2)C1. The Morgan fingerprint density at radius 1 is 1.21 bits per heavy atom. The molecule has 2 aromatic carbocycles. The molecule has 1 saturated heterocycles. The Morgan fingerprint density at radius 2 is 2.10 bits per heavy atom. The first kappa shape index (κ1) is 24.9. The Kier molecular flexibility index (Phi) is 7.08. The summed E-state index contributed by atoms with van der Waals surface area (Å²) in [4.78, 5) is 21.5. The number of anilines is 2. The van der Waals surface area contributed by atoms with Crippen LogP contribution in [0.1, 0.15) is 23.8 Å². The van der Waals surface area contributed by atoms with Crippen LogP contribution < -0.4 is 16.0 Å². The lowest BCUT2D eigenvalue weighted by Crippen LogP contribution is -2.29. The van der Waals surface area contributed by atoms with Crippen LogP contribution in [0.5, 0.6) is 0 Å². The number of carbonyl (C=O) groups is 1. The third-order valence-electron chi connectivity index (χ3n) is 6.45. The highest BCUT2D eigenvalue weighted by Crippen LogP contribution is 2.31. The van der Waals surface area contributed by atoms with Crippen molar-refractivity contribution < 1.29 is 9.53 Å². The molecule has 1 fully saturated rings. The number of rotatable bonds is 6. The van der Waals surface area contributed by atoms with E-state index in [0.29, 0.717) is 19.5 Å². The Balaban J connectivity index is 1.16. The lowest BCUT2D eigenvalue weighted by Gasteiger charge is -2.10. The van der Waals surface area contributed by atoms with Crippen LogP contribution in [-0.2, 0) is 11.3 Å². The first-order chi connectivity index (χ1) is 19.1. The van der Waals surface area contributed by atoms with Gasteiger partial charge in [-0.3, -0.25) is 10.00 Å². The minimum absolute atomic E-state index is 0.0344. The van der Waals surface area contributed by atoms with Crippen molar-refractivity contribution in [1.29, 1.82) is 0 Å². The van der Waals surface area contributed by atoms with Crippen LogP contribution in [0.15, 0.2) is 67.1 Å². The van der Waals surface area contributed by atoms with E-state index in [-0.39, 0.29) is 18.2 Å². The molecule has 9 nitrogen and oxygen atoms in total. The molecule has 3 aromatic heterocycles. The molecular formula is C29H27N7O2S. The van der Waals surface area contributed by atoms with Gasteiger partial charge in [0.1, 0.15) is 12.4 Å². The molecule has 0 spiro atoms. The number of hydrogen-bond donors (Lipinski definition) is 3. The van der Waals surface area contributed by atoms with E-state index in [1.165, 1.54) is 5.56 Å². The number of alkyl carbamates (subject to hydrolysis) is 1. The highest BCUT2D eigenvalue weighted by Gasteiger charge is 2.25. The number of carbonyl (C=O) groups excluding carboxylic acids is 1. The summed E-state index contributed by atoms with van der Waals surface area (Å²) in [6, 6.07) is 18.5. The number of nitrogens with zero attached hydrogens (tertiary/aromatic N) is 4. The fourth-order valence-electron chi connectivity index (χ4n) is 4.59. The van der Waals surface area contributed by atoms with E-state index in [1.807, 2.05) is 48.1 Å². The number of fused-ring (bicyclic) bond motifs is 2. The largest absolute Gasteiger partial charge is 0.445 e. The average Bonchev–Trinajstić information content (AvgIpc) is 3.67. The monoisotopic (exact) mass is 537 g/mol. The lowest BCUT2D eigenvalue weighted by atomic mass is 10.2. The van der Waals surface area contributed by atoms with Gasteiger partial charge in [0.15, 0.2) is 5.82 Å². The first-order valence-corrected chi connectivity index (χ1v) is 13.7. The molecule has 0 saturated carbocycles. The molecule has 1 aliphatic rings. The second-order valence-electron chi connectivity index (χ2n) is 9.26. The van der Waals surface area contributed by atoms with Crippen molar-refractivity contribution in [2.24, 2.45) is 0 Å². The van der Waals surface area contributed by atoms with E-state index in [4.69, 9.17) is 4.74 Å². The molecular weight excluding hydrogens is 510 g/mol. The van der Waals surface area contributed by atoms with Gasteiger partial charge in [0.25, 0.3) is 0 Å². The molecule has 0 aliphatic carbocycles. The molecule has 1 amide bonds. The number of ether oxygens (including phenoxy) is 1. The van der Waals surface area contributed by atoms with Gasteiger partial charge >= 0.3 is 6.09 Å². The van der Waals surface area contributed by atoms with Crippen LogP contribution in [0.3, 0.4) is 0 Å². The van der Waals surface area contributed by atoms with E-state index < -0.39 is 0 Å². The summed E-state index contributed by atoms with van der Waals surface area (Å²) < 4.78 is 8.35. The van der Waals surface area contributed by atoms with Gasteiger partial charge in [0.2, 0.25) is 0 Å². The maximum Gasteiger partial charge on any atom is 0.407 e. The van der Waals surface area contributed by atoms with Crippen molar-refractivity contribution in [2.75, 3.05) is 18.4 Å². The predicted octanol–water partition coefficient (Wildman–Crippen LogP) is 4.66. The minimum Gasteiger partial charge on any atom is -0.445 e. The molecule has 196 valence electrons. The zero-order chi connectivity index (χ0) is 26.6. The number of amides is 1. The van der Waals surface area contributed by atoms with Gasteiger partial charge in [-0.05, 0) is 36.8 Å². The van der Waals surface area contributed by atoms with Crippen LogP contribution in [0.4, 0.5) is 16.3 Å². The normalized spacial score (nSPS) is 16.6. The quantitative estimate of drug-likeness (QED) is 0.271. The summed E-state index contributed by atoms with van der Waals surface area (Å²) >= 11 is 1.55. The highest BCUT2D eigenvalue weighted by atomic mass is 32.1. The molecule has 39 heavy (non-hydrogen) atoms. The van der Waals surface area contributed by atoms with Gasteiger partial charge in [0.05, 0.1) is 39.4 Å². The zero-order valence-corrected chi connectivity index (χ0v) is 22.2. The number of aromatic nitrogens is 4. The molecule has 5 aromatic rings. The lowest BCUT2D eigenvalue weighted by molar-refractivity contribution is 0.107. The molecule has 10 heteroatoms. The fraction of sp³-hybridized carbons (Fsp3) is 0.241. The van der Waals surface area contributed by atoms with Gasteiger partial charge in [-0.1, -0.05) is 42.2 Å². The van der Waals surface area contributed by atoms with Crippen LogP contribution in [0.2, 0.25) is 0 Å². The Bertz CT molecular complexity index is 1690. The molecule has 0 unspecified atom stereocenters. The fourth-order valence-corrected chi connectivity index (χ4v) is 5.50. The Morgan fingerprint density at radius 3 is 2.97 bits per heavy atom. The van der Waals surface area contributed by atoms with Crippen LogP contribution in [0, 0.1) is 11.8 Å². The van der Waals surface area contributed by atoms with Crippen LogP contribution >= 0.6 is 11.3 Å². The molecule has 0 bridgehead atoms. The standard InChI is InChI=1S/C29H27N7O2S/c1-2-30-29(37)38-23-13-21(31-16-23)8-10-24-14-25-27(39-24)28(33-18-32-25)35-22-9-11-26-20(12-22)15-34-36(26)17-19-6-4-3-5-7-19/h3-7,9,11-12,14-15,18,21,23,31H,2,13,16-17H2,1H3,(H,30,37)(H,32,33,35)/t21-,23-/m1/s1. The van der Waals surface area contributed by atoms with Crippen molar-refractivity contribution in [3.8, 4) is 11.8 Å². The number of nitrogens with one attached hydrogen (secondary N) is 3. The van der Waals surface area contributed by atoms with Gasteiger partial charge < -0.3 is 15.4 Å². The smallest absolute Gasteiger partial charge is 0.407 e. The van der Waals surface area contributed by atoms with Crippen molar-refractivity contribution in [3.05, 3.63) is 77.6 Å². The minimum atomic E-state index is -0.388. The average molecular weight is 538 g/mol. The van der Waals surface area contributed by atoms with Gasteiger partial charge in [-0.15, -0.1) is 11.3 Å². The Hall–Kier alpha value is -4.46. The number of thiophene rings is 1. The van der Waals surface area contributed by atoms with Gasteiger partial charge in [-0.2, -0.15) is 5.10 Å². The molecule has 4 heterocycles. The summed E-state index contributed by atoms with van der Waals surface area (Å²) in [5, 5.41) is 15.1. The van der Waals surface area contributed by atoms with E-state index in [2.05, 4.69) is 67.1 Å². The molecule has 2 atom stereocenters. The molecule has 3 N–H and O–H groups in total. The molecule has 6 rings (SSSR count). The second-order valence-corrected chi connectivity index (χ2v) is 10.3. The highest BCUT2D eigenvalue weighted by molar-refractivity contribution is 7.20. The zero-order valence-electron chi connectivity index (χ0n) is 21.3. The van der Waals surface area contributed by atoms with Crippen LogP contribution in [0.25, 0.3) is 21.1 Å². The van der Waals surface area contributed by atoms with Gasteiger partial charge in [0, 0.05) is 30.6 Å². The van der Waals surface area contributed by atoms with E-state index in [1.54, 1.807) is 17.7 Å². The first-order valence-electron chi connectivity index (χ1n) is 12.8. The van der Waals surface area contributed by atoms with Crippen molar-refractivity contribution in [2.45, 2.75) is 32.0 Å². The number of hydrogen-bond acceptors (Lipinski definition) is 8. The third kappa shape index (κ3) is 5.70.